The van der Waals surface area contributed by atoms with Gasteiger partial charge in [0.05, 0.1) is 0 Å². The molecule has 1 heterocycles. The molecule has 1 saturated heterocycles. The van der Waals surface area contributed by atoms with Crippen molar-refractivity contribution >= 4 is 34.2 Å². The topological polar surface area (TPSA) is 49.9 Å². The van der Waals surface area contributed by atoms with Crippen molar-refractivity contribution in [2.45, 2.75) is 20.3 Å². The Morgan fingerprint density at radius 3 is 2.34 bits per heavy atom. The average Bonchev–Trinajstić information content (AvgIpc) is 3.06. The van der Waals surface area contributed by atoms with Crippen molar-refractivity contribution in [3.05, 3.63) is 76.3 Å². The molecule has 3 aromatic rings. The highest BCUT2D eigenvalue weighted by molar-refractivity contribution is 6.32. The number of nitrogens with zero attached hydrogens (tertiary/aromatic N) is 2. The molecule has 1 aliphatic rings. The van der Waals surface area contributed by atoms with Crippen LogP contribution in [0.3, 0.4) is 0 Å². The maximum atomic E-state index is 13.2. The normalized spacial score (nSPS) is 14.3. The number of ether oxygens (including phenoxy) is 1. The number of carbonyl (C=O) groups excluding carboxylic acids is 2. The zero-order chi connectivity index (χ0) is 22.7. The highest BCUT2D eigenvalue weighted by Crippen LogP contribution is 2.26. The monoisotopic (exact) mass is 450 g/mol. The molecule has 0 atom stereocenters. The van der Waals surface area contributed by atoms with Gasteiger partial charge in [-0.3, -0.25) is 9.59 Å². The van der Waals surface area contributed by atoms with Crippen molar-refractivity contribution in [2.24, 2.45) is 0 Å². The Balaban J connectivity index is 1.38. The van der Waals surface area contributed by atoms with Crippen LogP contribution in [0.15, 0.2) is 54.6 Å². The first kappa shape index (κ1) is 22.2. The second kappa shape index (κ2) is 9.61. The first-order chi connectivity index (χ1) is 15.4. The molecule has 5 nitrogen and oxygen atoms in total. The number of hydrogen-bond donors (Lipinski definition) is 0. The van der Waals surface area contributed by atoms with Gasteiger partial charge < -0.3 is 14.5 Å². The molecule has 166 valence electrons. The molecule has 0 aromatic heterocycles. The summed E-state index contributed by atoms with van der Waals surface area (Å²) < 4.78 is 5.74. The van der Waals surface area contributed by atoms with E-state index in [1.807, 2.05) is 73.3 Å². The van der Waals surface area contributed by atoms with Gasteiger partial charge in [0.2, 0.25) is 0 Å². The largest absolute Gasteiger partial charge is 0.484 e. The highest BCUT2D eigenvalue weighted by atomic mass is 35.5. The fourth-order valence-corrected chi connectivity index (χ4v) is 4.29. The van der Waals surface area contributed by atoms with Gasteiger partial charge in [0.1, 0.15) is 5.75 Å². The van der Waals surface area contributed by atoms with E-state index in [0.717, 1.165) is 28.3 Å². The first-order valence-electron chi connectivity index (χ1n) is 10.9. The lowest BCUT2D eigenvalue weighted by molar-refractivity contribution is -0.133. The number of rotatable bonds is 4. The van der Waals surface area contributed by atoms with E-state index in [2.05, 4.69) is 0 Å². The lowest BCUT2D eigenvalue weighted by atomic mass is 10.0. The van der Waals surface area contributed by atoms with Crippen LogP contribution in [0.1, 0.15) is 27.9 Å². The zero-order valence-corrected chi connectivity index (χ0v) is 19.2. The Bertz CT molecular complexity index is 1130. The van der Waals surface area contributed by atoms with Crippen LogP contribution in [0.4, 0.5) is 0 Å². The van der Waals surface area contributed by atoms with E-state index in [1.165, 1.54) is 0 Å². The Hall–Kier alpha value is -3.05. The number of aryl methyl sites for hydroxylation is 2. The minimum absolute atomic E-state index is 0.0134. The molecule has 0 spiro atoms. The SMILES string of the molecule is Cc1cc(OCC(=O)N2CCCN(C(=O)c3cccc4ccccc34)CC2)cc(C)c1Cl. The molecule has 6 heteroatoms. The molecule has 0 unspecified atom stereocenters. The Morgan fingerprint density at radius 2 is 1.56 bits per heavy atom. The predicted octanol–water partition coefficient (Wildman–Crippen LogP) is 4.86. The van der Waals surface area contributed by atoms with Gasteiger partial charge in [-0.15, -0.1) is 0 Å². The number of carbonyl (C=O) groups is 2. The fraction of sp³-hybridized carbons (Fsp3) is 0.308. The predicted molar refractivity (Wildman–Crippen MR) is 127 cm³/mol. The summed E-state index contributed by atoms with van der Waals surface area (Å²) in [5.41, 5.74) is 2.55. The minimum Gasteiger partial charge on any atom is -0.484 e. The summed E-state index contributed by atoms with van der Waals surface area (Å²) in [5.74, 6) is 0.578. The second-order valence-corrected chi connectivity index (χ2v) is 8.59. The second-order valence-electron chi connectivity index (χ2n) is 8.21. The molecule has 0 radical (unpaired) electrons. The molecule has 0 saturated carbocycles. The Kier molecular flexibility index (Phi) is 6.66. The molecule has 2 amide bonds. The third-order valence-electron chi connectivity index (χ3n) is 5.93. The van der Waals surface area contributed by atoms with Gasteiger partial charge in [-0.25, -0.2) is 0 Å². The van der Waals surface area contributed by atoms with E-state index >= 15 is 0 Å². The van der Waals surface area contributed by atoms with Crippen LogP contribution < -0.4 is 4.74 Å². The standard InChI is InChI=1S/C26H27ClN2O3/c1-18-15-21(16-19(2)25(18)27)32-17-24(30)28-11-6-12-29(14-13-28)26(31)23-10-5-8-20-7-3-4-9-22(20)23/h3-5,7-10,15-16H,6,11-14,17H2,1-2H3. The number of benzene rings is 3. The molecule has 3 aromatic carbocycles. The quantitative estimate of drug-likeness (QED) is 0.570. The summed E-state index contributed by atoms with van der Waals surface area (Å²) >= 11 is 6.20. The van der Waals surface area contributed by atoms with Gasteiger partial charge in [-0.2, -0.15) is 0 Å². The molecule has 1 fully saturated rings. The first-order valence-corrected chi connectivity index (χ1v) is 11.3. The van der Waals surface area contributed by atoms with E-state index in [1.54, 1.807) is 4.90 Å². The van der Waals surface area contributed by atoms with Crippen LogP contribution in [-0.4, -0.2) is 54.4 Å². The maximum Gasteiger partial charge on any atom is 0.260 e. The van der Waals surface area contributed by atoms with Crippen molar-refractivity contribution in [3.8, 4) is 5.75 Å². The van der Waals surface area contributed by atoms with Gasteiger partial charge in [-0.1, -0.05) is 48.0 Å². The van der Waals surface area contributed by atoms with Gasteiger partial charge in [0.25, 0.3) is 11.8 Å². The van der Waals surface area contributed by atoms with Crippen molar-refractivity contribution in [2.75, 3.05) is 32.8 Å². The van der Waals surface area contributed by atoms with Crippen molar-refractivity contribution in [1.82, 2.24) is 9.80 Å². The van der Waals surface area contributed by atoms with Crippen LogP contribution in [0.25, 0.3) is 10.8 Å². The fourth-order valence-electron chi connectivity index (χ4n) is 4.18. The smallest absolute Gasteiger partial charge is 0.260 e. The third kappa shape index (κ3) is 4.73. The van der Waals surface area contributed by atoms with Crippen LogP contribution in [0, 0.1) is 13.8 Å². The summed E-state index contributed by atoms with van der Waals surface area (Å²) in [6, 6.07) is 17.4. The van der Waals surface area contributed by atoms with E-state index < -0.39 is 0 Å². The average molecular weight is 451 g/mol. The van der Waals surface area contributed by atoms with Crippen molar-refractivity contribution in [1.29, 1.82) is 0 Å². The van der Waals surface area contributed by atoms with E-state index in [0.29, 0.717) is 42.5 Å². The summed E-state index contributed by atoms with van der Waals surface area (Å²) in [5, 5.41) is 2.72. The molecule has 32 heavy (non-hydrogen) atoms. The molecule has 0 N–H and O–H groups in total. The van der Waals surface area contributed by atoms with Crippen molar-refractivity contribution in [3.63, 3.8) is 0 Å². The van der Waals surface area contributed by atoms with Gasteiger partial charge in [0, 0.05) is 36.8 Å². The molecule has 4 rings (SSSR count). The molecule has 0 aliphatic carbocycles. The molecule has 0 bridgehead atoms. The van der Waals surface area contributed by atoms with E-state index in [-0.39, 0.29) is 18.4 Å². The number of hydrogen-bond acceptors (Lipinski definition) is 3. The summed E-state index contributed by atoms with van der Waals surface area (Å²) in [7, 11) is 0. The van der Waals surface area contributed by atoms with Crippen LogP contribution in [0.5, 0.6) is 5.75 Å². The lowest BCUT2D eigenvalue weighted by Crippen LogP contribution is -2.39. The number of amides is 2. The highest BCUT2D eigenvalue weighted by Gasteiger charge is 2.24. The van der Waals surface area contributed by atoms with Crippen LogP contribution in [-0.2, 0) is 4.79 Å². The number of fused-ring (bicyclic) bond motifs is 1. The Labute approximate surface area is 193 Å². The number of halogens is 1. The van der Waals surface area contributed by atoms with Gasteiger partial charge in [0.15, 0.2) is 6.61 Å². The molecule has 1 aliphatic heterocycles. The summed E-state index contributed by atoms with van der Waals surface area (Å²) in [6.45, 7) is 6.05. The maximum absolute atomic E-state index is 13.2. The van der Waals surface area contributed by atoms with Crippen LogP contribution in [0.2, 0.25) is 5.02 Å². The van der Waals surface area contributed by atoms with E-state index in [9.17, 15) is 9.59 Å². The third-order valence-corrected chi connectivity index (χ3v) is 6.52. The van der Waals surface area contributed by atoms with Gasteiger partial charge >= 0.3 is 0 Å². The van der Waals surface area contributed by atoms with Crippen LogP contribution >= 0.6 is 11.6 Å². The Morgan fingerprint density at radius 1 is 0.906 bits per heavy atom. The summed E-state index contributed by atoms with van der Waals surface area (Å²) in [6.07, 6.45) is 0.738. The lowest BCUT2D eigenvalue weighted by Gasteiger charge is -2.23. The summed E-state index contributed by atoms with van der Waals surface area (Å²) in [4.78, 5) is 29.6. The zero-order valence-electron chi connectivity index (χ0n) is 18.4. The molecular formula is C26H27ClN2O3. The molecular weight excluding hydrogens is 424 g/mol. The minimum atomic E-state index is -0.0743. The van der Waals surface area contributed by atoms with Gasteiger partial charge in [-0.05, 0) is 60.4 Å². The van der Waals surface area contributed by atoms with E-state index in [4.69, 9.17) is 16.3 Å². The van der Waals surface area contributed by atoms with Crippen molar-refractivity contribution < 1.29 is 14.3 Å².